The van der Waals surface area contributed by atoms with Gasteiger partial charge in [0.2, 0.25) is 0 Å². The van der Waals surface area contributed by atoms with Crippen molar-refractivity contribution in [1.29, 1.82) is 5.26 Å². The molecule has 0 aliphatic carbocycles. The Balaban J connectivity index is 2.15. The Morgan fingerprint density at radius 3 is 2.50 bits per heavy atom. The molecule has 0 bridgehead atoms. The number of halogens is 1. The van der Waals surface area contributed by atoms with E-state index >= 15 is 0 Å². The van der Waals surface area contributed by atoms with Crippen LogP contribution in [0.4, 0.5) is 0 Å². The van der Waals surface area contributed by atoms with E-state index < -0.39 is 0 Å². The number of hydrogen-bond donors (Lipinski definition) is 1. The Labute approximate surface area is 127 Å². The highest BCUT2D eigenvalue weighted by Crippen LogP contribution is 2.31. The second-order valence-electron chi connectivity index (χ2n) is 4.56. The van der Waals surface area contributed by atoms with Gasteiger partial charge in [0.05, 0.1) is 17.0 Å². The molecule has 0 radical (unpaired) electrons. The summed E-state index contributed by atoms with van der Waals surface area (Å²) in [6, 6.07) is 15.4. The van der Waals surface area contributed by atoms with E-state index in [1.54, 1.807) is 0 Å². The third-order valence-corrected chi connectivity index (χ3v) is 3.54. The van der Waals surface area contributed by atoms with Crippen molar-refractivity contribution in [3.05, 3.63) is 58.1 Å². The van der Waals surface area contributed by atoms with E-state index in [-0.39, 0.29) is 6.04 Å². The summed E-state index contributed by atoms with van der Waals surface area (Å²) in [6.07, 6.45) is 0.410. The molecule has 0 aromatic heterocycles. The minimum Gasteiger partial charge on any atom is -0.456 e. The van der Waals surface area contributed by atoms with Crippen LogP contribution in [-0.4, -0.2) is 0 Å². The molecule has 1 unspecified atom stereocenters. The smallest absolute Gasteiger partial charge is 0.141 e. The van der Waals surface area contributed by atoms with E-state index in [4.69, 9.17) is 15.7 Å². The largest absolute Gasteiger partial charge is 0.456 e. The first-order valence-corrected chi connectivity index (χ1v) is 7.08. The molecule has 0 amide bonds. The summed E-state index contributed by atoms with van der Waals surface area (Å²) < 4.78 is 6.68. The van der Waals surface area contributed by atoms with Gasteiger partial charge in [-0.15, -0.1) is 0 Å². The predicted octanol–water partition coefficient (Wildman–Crippen LogP) is 4.33. The molecule has 1 atom stereocenters. The SMILES string of the molecule is CC(N)c1ccc(Oc2ccc(CC#N)cc2)c(Br)c1. The Hall–Kier alpha value is -1.83. The summed E-state index contributed by atoms with van der Waals surface area (Å²) in [5, 5.41) is 8.63. The number of nitrogens with two attached hydrogens (primary N) is 1. The standard InChI is InChI=1S/C16H15BrN2O/c1-11(19)13-4-7-16(15(17)10-13)20-14-5-2-12(3-6-14)8-9-18/h2-7,10-11H,8,19H2,1H3. The maximum absolute atomic E-state index is 8.63. The average Bonchev–Trinajstić information content (AvgIpc) is 2.43. The van der Waals surface area contributed by atoms with Crippen LogP contribution in [0, 0.1) is 11.3 Å². The van der Waals surface area contributed by atoms with E-state index in [2.05, 4.69) is 22.0 Å². The summed E-state index contributed by atoms with van der Waals surface area (Å²) >= 11 is 3.49. The quantitative estimate of drug-likeness (QED) is 0.907. The predicted molar refractivity (Wildman–Crippen MR) is 82.6 cm³/mol. The summed E-state index contributed by atoms with van der Waals surface area (Å²) in [4.78, 5) is 0. The topological polar surface area (TPSA) is 59.0 Å². The van der Waals surface area contributed by atoms with Crippen LogP contribution < -0.4 is 10.5 Å². The monoisotopic (exact) mass is 330 g/mol. The molecular formula is C16H15BrN2O. The molecule has 2 aromatic carbocycles. The third kappa shape index (κ3) is 3.60. The van der Waals surface area contributed by atoms with Gasteiger partial charge >= 0.3 is 0 Å². The van der Waals surface area contributed by atoms with Crippen LogP contribution >= 0.6 is 15.9 Å². The van der Waals surface area contributed by atoms with Crippen molar-refractivity contribution in [3.8, 4) is 17.6 Å². The third-order valence-electron chi connectivity index (χ3n) is 2.92. The van der Waals surface area contributed by atoms with E-state index in [0.717, 1.165) is 27.1 Å². The fourth-order valence-electron chi connectivity index (χ4n) is 1.78. The Bertz CT molecular complexity index is 630. The first-order valence-electron chi connectivity index (χ1n) is 6.29. The molecule has 0 saturated heterocycles. The normalized spacial score (nSPS) is 11.7. The van der Waals surface area contributed by atoms with Crippen molar-refractivity contribution in [2.45, 2.75) is 19.4 Å². The molecule has 20 heavy (non-hydrogen) atoms. The van der Waals surface area contributed by atoms with Gasteiger partial charge in [-0.05, 0) is 58.2 Å². The zero-order valence-corrected chi connectivity index (χ0v) is 12.7. The lowest BCUT2D eigenvalue weighted by molar-refractivity contribution is 0.479. The van der Waals surface area contributed by atoms with Crippen molar-refractivity contribution >= 4 is 15.9 Å². The van der Waals surface area contributed by atoms with Gasteiger partial charge in [-0.1, -0.05) is 18.2 Å². The molecule has 2 aromatic rings. The molecule has 4 heteroatoms. The van der Waals surface area contributed by atoms with Crippen LogP contribution in [-0.2, 0) is 6.42 Å². The number of hydrogen-bond acceptors (Lipinski definition) is 3. The number of ether oxygens (including phenoxy) is 1. The average molecular weight is 331 g/mol. The van der Waals surface area contributed by atoms with E-state index in [1.807, 2.05) is 49.4 Å². The zero-order valence-electron chi connectivity index (χ0n) is 11.1. The fourth-order valence-corrected chi connectivity index (χ4v) is 2.25. The lowest BCUT2D eigenvalue weighted by Gasteiger charge is -2.11. The van der Waals surface area contributed by atoms with Crippen LogP contribution in [0.1, 0.15) is 24.1 Å². The lowest BCUT2D eigenvalue weighted by atomic mass is 10.1. The van der Waals surface area contributed by atoms with Gasteiger partial charge in [0.25, 0.3) is 0 Å². The van der Waals surface area contributed by atoms with Gasteiger partial charge in [0, 0.05) is 6.04 Å². The second-order valence-corrected chi connectivity index (χ2v) is 5.41. The molecule has 0 saturated carbocycles. The van der Waals surface area contributed by atoms with Crippen molar-refractivity contribution in [2.75, 3.05) is 0 Å². The van der Waals surface area contributed by atoms with Crippen LogP contribution in [0.3, 0.4) is 0 Å². The minimum absolute atomic E-state index is 0.00869. The van der Waals surface area contributed by atoms with Crippen molar-refractivity contribution < 1.29 is 4.74 Å². The van der Waals surface area contributed by atoms with Crippen molar-refractivity contribution in [2.24, 2.45) is 5.73 Å². The number of benzene rings is 2. The molecule has 0 spiro atoms. The maximum Gasteiger partial charge on any atom is 0.141 e. The van der Waals surface area contributed by atoms with E-state index in [9.17, 15) is 0 Å². The molecular weight excluding hydrogens is 316 g/mol. The number of nitriles is 1. The van der Waals surface area contributed by atoms with Crippen LogP contribution in [0.2, 0.25) is 0 Å². The molecule has 0 heterocycles. The van der Waals surface area contributed by atoms with Crippen molar-refractivity contribution in [1.82, 2.24) is 0 Å². The highest BCUT2D eigenvalue weighted by atomic mass is 79.9. The summed E-state index contributed by atoms with van der Waals surface area (Å²) in [6.45, 7) is 1.94. The van der Waals surface area contributed by atoms with Crippen LogP contribution in [0.5, 0.6) is 11.5 Å². The summed E-state index contributed by atoms with van der Waals surface area (Å²) in [5.41, 5.74) is 7.87. The van der Waals surface area contributed by atoms with E-state index in [0.29, 0.717) is 6.42 Å². The Morgan fingerprint density at radius 1 is 1.25 bits per heavy atom. The van der Waals surface area contributed by atoms with Gasteiger partial charge in [-0.2, -0.15) is 5.26 Å². The van der Waals surface area contributed by atoms with Gasteiger partial charge < -0.3 is 10.5 Å². The molecule has 0 aliphatic heterocycles. The summed E-state index contributed by atoms with van der Waals surface area (Å²) in [5.74, 6) is 1.48. The molecule has 102 valence electrons. The Morgan fingerprint density at radius 2 is 1.95 bits per heavy atom. The van der Waals surface area contributed by atoms with Gasteiger partial charge in [-0.25, -0.2) is 0 Å². The molecule has 0 fully saturated rings. The molecule has 3 nitrogen and oxygen atoms in total. The molecule has 0 aliphatic rings. The highest BCUT2D eigenvalue weighted by molar-refractivity contribution is 9.10. The Kier molecular flexibility index (Phi) is 4.78. The van der Waals surface area contributed by atoms with E-state index in [1.165, 1.54) is 0 Å². The number of nitrogens with zero attached hydrogens (tertiary/aromatic N) is 1. The second kappa shape index (κ2) is 6.56. The first kappa shape index (κ1) is 14.6. The lowest BCUT2D eigenvalue weighted by Crippen LogP contribution is -2.04. The van der Waals surface area contributed by atoms with Crippen LogP contribution in [0.25, 0.3) is 0 Å². The van der Waals surface area contributed by atoms with Crippen molar-refractivity contribution in [3.63, 3.8) is 0 Å². The molecule has 2 rings (SSSR count). The molecule has 2 N–H and O–H groups in total. The maximum atomic E-state index is 8.63. The fraction of sp³-hybridized carbons (Fsp3) is 0.188. The highest BCUT2D eigenvalue weighted by Gasteiger charge is 2.06. The minimum atomic E-state index is -0.00869. The number of rotatable bonds is 4. The first-order chi connectivity index (χ1) is 9.60. The van der Waals surface area contributed by atoms with Gasteiger partial charge in [-0.3, -0.25) is 0 Å². The summed E-state index contributed by atoms with van der Waals surface area (Å²) in [7, 11) is 0. The zero-order chi connectivity index (χ0) is 14.5. The van der Waals surface area contributed by atoms with Gasteiger partial charge in [0.15, 0.2) is 0 Å². The van der Waals surface area contributed by atoms with Gasteiger partial charge in [0.1, 0.15) is 11.5 Å². The van der Waals surface area contributed by atoms with Crippen LogP contribution in [0.15, 0.2) is 46.9 Å².